The van der Waals surface area contributed by atoms with Crippen molar-refractivity contribution in [1.29, 1.82) is 0 Å². The molecule has 0 aliphatic carbocycles. The van der Waals surface area contributed by atoms with E-state index in [-0.39, 0.29) is 36.2 Å². The third kappa shape index (κ3) is 4.08. The number of imide groups is 1. The van der Waals surface area contributed by atoms with Crippen LogP contribution in [0.4, 0.5) is 5.69 Å². The van der Waals surface area contributed by atoms with E-state index >= 15 is 0 Å². The molecule has 1 saturated heterocycles. The van der Waals surface area contributed by atoms with Crippen LogP contribution in [0.5, 0.6) is 17.2 Å². The number of rotatable bonds is 6. The Kier molecular flexibility index (Phi) is 7.28. The minimum Gasteiger partial charge on any atom is -0.497 e. The normalized spacial score (nSPS) is 18.3. The highest BCUT2D eigenvalue weighted by molar-refractivity contribution is 6.55. The molecule has 8 nitrogen and oxygen atoms in total. The van der Waals surface area contributed by atoms with Gasteiger partial charge in [-0.15, -0.1) is 0 Å². The van der Waals surface area contributed by atoms with Crippen LogP contribution in [-0.2, 0) is 4.79 Å². The SMILES string of the molecule is COc1ccc(OC)c([C@@H]2[C@H](N3C(=O)c4c(Cl)c(Cl)c(Cl)c(Cl)c4C3=O)C(=O)N2c2ccc(OC)c(Cl)c2)c1. The van der Waals surface area contributed by atoms with Gasteiger partial charge in [0.25, 0.3) is 17.7 Å². The van der Waals surface area contributed by atoms with Crippen molar-refractivity contribution in [2.45, 2.75) is 12.1 Å². The average Bonchev–Trinajstić information content (AvgIpc) is 3.18. The van der Waals surface area contributed by atoms with Crippen molar-refractivity contribution in [2.75, 3.05) is 26.2 Å². The summed E-state index contributed by atoms with van der Waals surface area (Å²) < 4.78 is 16.2. The van der Waals surface area contributed by atoms with Gasteiger partial charge in [-0.2, -0.15) is 0 Å². The van der Waals surface area contributed by atoms with Crippen LogP contribution in [-0.4, -0.2) is 50.0 Å². The van der Waals surface area contributed by atoms with Crippen molar-refractivity contribution in [3.05, 3.63) is 78.2 Å². The number of methoxy groups -OCH3 is 3. The number of ether oxygens (including phenoxy) is 3. The fourth-order valence-electron chi connectivity index (χ4n) is 4.82. The first-order valence-corrected chi connectivity index (χ1v) is 13.1. The molecule has 3 amide bonds. The number of hydrogen-bond donors (Lipinski definition) is 0. The summed E-state index contributed by atoms with van der Waals surface area (Å²) in [6, 6.07) is 7.57. The number of anilines is 1. The predicted octanol–water partition coefficient (Wildman–Crippen LogP) is 6.73. The highest BCUT2D eigenvalue weighted by Gasteiger charge is 2.59. The second-order valence-corrected chi connectivity index (χ2v) is 10.4. The first-order chi connectivity index (χ1) is 18.6. The minimum atomic E-state index is -1.30. The van der Waals surface area contributed by atoms with E-state index in [2.05, 4.69) is 0 Å². The molecule has 0 radical (unpaired) electrons. The van der Waals surface area contributed by atoms with E-state index in [1.807, 2.05) is 0 Å². The Morgan fingerprint density at radius 2 is 1.21 bits per heavy atom. The summed E-state index contributed by atoms with van der Waals surface area (Å²) in [4.78, 5) is 43.3. The van der Waals surface area contributed by atoms with Crippen LogP contribution in [0.3, 0.4) is 0 Å². The predicted molar refractivity (Wildman–Crippen MR) is 149 cm³/mol. The Hall–Kier alpha value is -2.88. The zero-order valence-electron chi connectivity index (χ0n) is 20.4. The smallest absolute Gasteiger partial charge is 0.264 e. The van der Waals surface area contributed by atoms with Crippen LogP contribution < -0.4 is 19.1 Å². The zero-order valence-corrected chi connectivity index (χ0v) is 24.1. The van der Waals surface area contributed by atoms with Crippen molar-refractivity contribution < 1.29 is 28.6 Å². The van der Waals surface area contributed by atoms with Crippen LogP contribution in [0.15, 0.2) is 36.4 Å². The van der Waals surface area contributed by atoms with Gasteiger partial charge in [-0.1, -0.05) is 58.0 Å². The van der Waals surface area contributed by atoms with Crippen LogP contribution in [0, 0.1) is 0 Å². The number of hydrogen-bond acceptors (Lipinski definition) is 6. The second kappa shape index (κ2) is 10.3. The van der Waals surface area contributed by atoms with Gasteiger partial charge in [0.1, 0.15) is 23.3 Å². The molecule has 3 aromatic carbocycles. The van der Waals surface area contributed by atoms with Crippen molar-refractivity contribution >= 4 is 81.4 Å². The van der Waals surface area contributed by atoms with Crippen LogP contribution >= 0.6 is 58.0 Å². The van der Waals surface area contributed by atoms with Gasteiger partial charge in [-0.25, -0.2) is 0 Å². The topological polar surface area (TPSA) is 85.4 Å². The Bertz CT molecular complexity index is 1530. The molecule has 0 N–H and O–H groups in total. The summed E-state index contributed by atoms with van der Waals surface area (Å²) >= 11 is 31.3. The summed E-state index contributed by atoms with van der Waals surface area (Å²) in [7, 11) is 4.41. The number of carbonyl (C=O) groups excluding carboxylic acids is 3. The van der Waals surface area contributed by atoms with Gasteiger partial charge >= 0.3 is 0 Å². The fraction of sp³-hybridized carbons (Fsp3) is 0.192. The zero-order chi connectivity index (χ0) is 28.3. The number of carbonyl (C=O) groups is 3. The molecule has 0 unspecified atom stereocenters. The van der Waals surface area contributed by atoms with Crippen molar-refractivity contribution in [2.24, 2.45) is 0 Å². The lowest BCUT2D eigenvalue weighted by molar-refractivity contribution is -0.130. The number of nitrogens with zero attached hydrogens (tertiary/aromatic N) is 2. The first-order valence-electron chi connectivity index (χ1n) is 11.2. The molecular formula is C26H17Cl5N2O6. The lowest BCUT2D eigenvalue weighted by atomic mass is 9.85. The molecular weight excluding hydrogens is 614 g/mol. The summed E-state index contributed by atoms with van der Waals surface area (Å²) in [5.74, 6) is -0.981. The quantitative estimate of drug-likeness (QED) is 0.130. The van der Waals surface area contributed by atoms with Crippen molar-refractivity contribution in [3.8, 4) is 17.2 Å². The van der Waals surface area contributed by atoms with Crippen LogP contribution in [0.2, 0.25) is 25.1 Å². The van der Waals surface area contributed by atoms with Crippen LogP contribution in [0.1, 0.15) is 32.3 Å². The van der Waals surface area contributed by atoms with E-state index < -0.39 is 29.8 Å². The third-order valence-corrected chi connectivity index (χ3v) is 8.74. The van der Waals surface area contributed by atoms with Crippen molar-refractivity contribution in [3.63, 3.8) is 0 Å². The fourth-order valence-corrected chi connectivity index (χ4v) is 6.08. The highest BCUT2D eigenvalue weighted by atomic mass is 35.5. The lowest BCUT2D eigenvalue weighted by Gasteiger charge is -2.50. The van der Waals surface area contributed by atoms with Gasteiger partial charge in [0, 0.05) is 11.3 Å². The summed E-state index contributed by atoms with van der Waals surface area (Å²) in [6.07, 6.45) is 0. The number of benzene rings is 3. The van der Waals surface area contributed by atoms with Gasteiger partial charge < -0.3 is 19.1 Å². The van der Waals surface area contributed by atoms with Gasteiger partial charge in [-0.05, 0) is 36.4 Å². The minimum absolute atomic E-state index is 0.175. The van der Waals surface area contributed by atoms with Gasteiger partial charge in [0.15, 0.2) is 0 Å². The molecule has 0 bridgehead atoms. The number of β-lactam (4-membered cyclic amide) rings is 1. The molecule has 1 fully saturated rings. The molecule has 13 heteroatoms. The van der Waals surface area contributed by atoms with E-state index in [0.29, 0.717) is 28.5 Å². The third-order valence-electron chi connectivity index (χ3n) is 6.65. The lowest BCUT2D eigenvalue weighted by Crippen LogP contribution is -2.67. The van der Waals surface area contributed by atoms with Crippen LogP contribution in [0.25, 0.3) is 0 Å². The molecule has 39 heavy (non-hydrogen) atoms. The molecule has 0 spiro atoms. The van der Waals surface area contributed by atoms with E-state index in [4.69, 9.17) is 72.2 Å². The van der Waals surface area contributed by atoms with E-state index in [0.717, 1.165) is 4.90 Å². The molecule has 0 saturated carbocycles. The summed E-state index contributed by atoms with van der Waals surface area (Å²) in [6.45, 7) is 0. The van der Waals surface area contributed by atoms with Gasteiger partial charge in [0.05, 0.1) is 63.6 Å². The summed E-state index contributed by atoms with van der Waals surface area (Å²) in [5, 5.41) is -0.562. The number of amides is 3. The number of halogens is 5. The molecule has 2 heterocycles. The van der Waals surface area contributed by atoms with Gasteiger partial charge in [0.2, 0.25) is 0 Å². The summed E-state index contributed by atoms with van der Waals surface area (Å²) in [5.41, 5.74) is 0.418. The van der Waals surface area contributed by atoms with Crippen molar-refractivity contribution in [1.82, 2.24) is 4.90 Å². The largest absolute Gasteiger partial charge is 0.497 e. The Morgan fingerprint density at radius 3 is 1.72 bits per heavy atom. The maximum atomic E-state index is 13.8. The van der Waals surface area contributed by atoms with E-state index in [1.165, 1.54) is 26.2 Å². The Morgan fingerprint density at radius 1 is 0.641 bits per heavy atom. The molecule has 202 valence electrons. The molecule has 2 aliphatic heterocycles. The highest BCUT2D eigenvalue weighted by Crippen LogP contribution is 2.51. The number of fused-ring (bicyclic) bond motifs is 1. The molecule has 0 aromatic heterocycles. The Balaban J connectivity index is 1.68. The second-order valence-electron chi connectivity index (χ2n) is 8.51. The van der Waals surface area contributed by atoms with E-state index in [9.17, 15) is 14.4 Å². The first kappa shape index (κ1) is 27.7. The molecule has 2 aliphatic rings. The monoisotopic (exact) mass is 628 g/mol. The molecule has 3 aromatic rings. The standard InChI is InChI=1S/C26H17Cl5N2O6/c1-37-11-5-7-14(38-2)12(9-11)22-23(26(36)32(22)10-4-6-15(39-3)13(27)8-10)33-24(34)16-17(25(33)35)19(29)21(31)20(30)18(16)28/h4-9,22-23H,1-3H3/t22-,23+/m1/s1. The maximum Gasteiger partial charge on any atom is 0.264 e. The molecule has 5 rings (SSSR count). The van der Waals surface area contributed by atoms with Gasteiger partial charge in [-0.3, -0.25) is 19.3 Å². The van der Waals surface area contributed by atoms with E-state index in [1.54, 1.807) is 36.4 Å². The molecule has 2 atom stereocenters. The Labute approximate surface area is 247 Å². The maximum absolute atomic E-state index is 13.8. The average molecular weight is 631 g/mol.